The van der Waals surface area contributed by atoms with Gasteiger partial charge < -0.3 is 32.1 Å². The molecule has 1 saturated carbocycles. The number of nitrogens with zero attached hydrogens (tertiary/aromatic N) is 2. The summed E-state index contributed by atoms with van der Waals surface area (Å²) in [6, 6.07) is 12.6. The van der Waals surface area contributed by atoms with Crippen LogP contribution in [0.15, 0.2) is 59.5 Å². The van der Waals surface area contributed by atoms with E-state index in [0.29, 0.717) is 55.0 Å². The number of anilines is 1. The van der Waals surface area contributed by atoms with Gasteiger partial charge in [0.25, 0.3) is 11.8 Å². The Labute approximate surface area is 295 Å². The maximum Gasteiger partial charge on any atom is 0.323 e. The normalized spacial score (nSPS) is 19.6. The van der Waals surface area contributed by atoms with Crippen LogP contribution in [0.4, 0.5) is 5.69 Å². The molecule has 6 rings (SSSR count). The fourth-order valence-corrected chi connectivity index (χ4v) is 6.80. The second kappa shape index (κ2) is 15.8. The van der Waals surface area contributed by atoms with Crippen molar-refractivity contribution in [3.05, 3.63) is 82.0 Å². The second-order valence-corrected chi connectivity index (χ2v) is 13.1. The van der Waals surface area contributed by atoms with Crippen LogP contribution in [0.5, 0.6) is 0 Å². The Morgan fingerprint density at radius 2 is 1.70 bits per heavy atom. The highest BCUT2D eigenvalue weighted by atomic mass is 35.5. The van der Waals surface area contributed by atoms with Gasteiger partial charge in [0.05, 0.1) is 22.8 Å². The minimum atomic E-state index is -1.01. The predicted molar refractivity (Wildman–Crippen MR) is 193 cm³/mol. The molecule has 0 unspecified atom stereocenters. The SMILES string of the molecule is Cc1cc(C(=O)N[C@@H]2CCCNC2=O)ncc1-c1ccc(C[C@H](N)C(=O)N(c2ccc3[nH]c(=O)[nH]c3c2)C(=O)[C@H]2CC[C@H](CN)CC2)cc1.Cl. The number of hydrogen-bond acceptors (Lipinski definition) is 8. The van der Waals surface area contributed by atoms with Gasteiger partial charge in [0.2, 0.25) is 11.8 Å². The minimum absolute atomic E-state index is 0. The number of imide groups is 1. The van der Waals surface area contributed by atoms with Crippen molar-refractivity contribution in [3.8, 4) is 11.1 Å². The van der Waals surface area contributed by atoms with Gasteiger partial charge in [-0.25, -0.2) is 9.69 Å². The van der Waals surface area contributed by atoms with Crippen LogP contribution in [-0.4, -0.2) is 63.8 Å². The van der Waals surface area contributed by atoms with Gasteiger partial charge in [0.15, 0.2) is 0 Å². The summed E-state index contributed by atoms with van der Waals surface area (Å²) in [6.45, 7) is 3.07. The van der Waals surface area contributed by atoms with Crippen molar-refractivity contribution in [1.29, 1.82) is 0 Å². The molecular formula is C36H43ClN8O5. The monoisotopic (exact) mass is 702 g/mol. The molecule has 264 valence electrons. The Morgan fingerprint density at radius 3 is 2.38 bits per heavy atom. The van der Waals surface area contributed by atoms with E-state index in [0.717, 1.165) is 41.5 Å². The number of halogens is 1. The third-order valence-corrected chi connectivity index (χ3v) is 9.70. The molecule has 0 radical (unpaired) electrons. The molecule has 0 bridgehead atoms. The molecular weight excluding hydrogens is 660 g/mol. The largest absolute Gasteiger partial charge is 0.354 e. The molecule has 2 atom stereocenters. The van der Waals surface area contributed by atoms with Crippen LogP contribution in [0.1, 0.15) is 60.1 Å². The highest BCUT2D eigenvalue weighted by Gasteiger charge is 2.35. The fourth-order valence-electron chi connectivity index (χ4n) is 6.80. The zero-order valence-electron chi connectivity index (χ0n) is 27.9. The third-order valence-electron chi connectivity index (χ3n) is 9.70. The Bertz CT molecular complexity index is 1930. The summed E-state index contributed by atoms with van der Waals surface area (Å²) < 4.78 is 0. The Kier molecular flexibility index (Phi) is 11.5. The van der Waals surface area contributed by atoms with E-state index in [4.69, 9.17) is 11.5 Å². The first-order chi connectivity index (χ1) is 23.6. The first-order valence-electron chi connectivity index (χ1n) is 16.8. The number of hydrogen-bond donors (Lipinski definition) is 6. The summed E-state index contributed by atoms with van der Waals surface area (Å²) in [5.41, 5.74) is 17.0. The van der Waals surface area contributed by atoms with E-state index >= 15 is 0 Å². The van der Waals surface area contributed by atoms with Crippen molar-refractivity contribution in [2.24, 2.45) is 23.3 Å². The number of amides is 4. The van der Waals surface area contributed by atoms with E-state index in [1.54, 1.807) is 30.5 Å². The molecule has 2 aromatic heterocycles. The number of rotatable bonds is 9. The average Bonchev–Trinajstić information content (AvgIpc) is 3.49. The number of H-pyrrole nitrogens is 2. The number of imidazole rings is 1. The zero-order valence-corrected chi connectivity index (χ0v) is 28.7. The van der Waals surface area contributed by atoms with Crippen LogP contribution in [0.3, 0.4) is 0 Å². The highest BCUT2D eigenvalue weighted by Crippen LogP contribution is 2.32. The van der Waals surface area contributed by atoms with Gasteiger partial charge in [0, 0.05) is 24.2 Å². The quantitative estimate of drug-likeness (QED) is 0.152. The molecule has 2 aliphatic rings. The van der Waals surface area contributed by atoms with E-state index < -0.39 is 23.9 Å². The van der Waals surface area contributed by atoms with Crippen LogP contribution in [-0.2, 0) is 20.8 Å². The molecule has 1 saturated heterocycles. The van der Waals surface area contributed by atoms with Crippen molar-refractivity contribution < 1.29 is 19.2 Å². The fraction of sp³-hybridized carbons (Fsp3) is 0.389. The number of nitrogens with two attached hydrogens (primary N) is 2. The summed E-state index contributed by atoms with van der Waals surface area (Å²) >= 11 is 0. The standard InChI is InChI=1S/C36H42N8O5.ClH/c1-20-15-31(33(46)41-29-3-2-14-39-32(29)45)40-19-26(20)23-8-4-21(5-9-23)16-27(38)35(48)44(34(47)24-10-6-22(18-37)7-11-24)25-12-13-28-30(17-25)43-36(49)42-28;/h4-5,8-9,12-13,15,17,19,22,24,27,29H,2-3,6-7,10-11,14,16,18,37-38H2,1H3,(H,39,45)(H,41,46)(H2,42,43,49);1H/t22-,24-,27-,29+;/m0./s1. The zero-order chi connectivity index (χ0) is 34.7. The molecule has 3 heterocycles. The molecule has 13 nitrogen and oxygen atoms in total. The molecule has 50 heavy (non-hydrogen) atoms. The van der Waals surface area contributed by atoms with E-state index in [2.05, 4.69) is 25.6 Å². The van der Waals surface area contributed by atoms with Crippen molar-refractivity contribution in [2.45, 2.75) is 64.0 Å². The molecule has 14 heteroatoms. The second-order valence-electron chi connectivity index (χ2n) is 13.1. The van der Waals surface area contributed by atoms with E-state index in [-0.39, 0.29) is 47.9 Å². The molecule has 8 N–H and O–H groups in total. The number of piperidine rings is 1. The number of aromatic nitrogens is 3. The number of pyridine rings is 1. The molecule has 1 aliphatic heterocycles. The number of nitrogens with one attached hydrogen (secondary N) is 4. The van der Waals surface area contributed by atoms with Crippen LogP contribution < -0.4 is 32.7 Å². The van der Waals surface area contributed by atoms with Crippen LogP contribution in [0, 0.1) is 18.8 Å². The smallest absolute Gasteiger partial charge is 0.323 e. The molecule has 0 spiro atoms. The number of aryl methyl sites for hydroxylation is 1. The van der Waals surface area contributed by atoms with Gasteiger partial charge in [-0.1, -0.05) is 24.3 Å². The lowest BCUT2D eigenvalue weighted by molar-refractivity contribution is -0.130. The number of aromatic amines is 2. The van der Waals surface area contributed by atoms with Crippen LogP contribution >= 0.6 is 12.4 Å². The molecule has 2 fully saturated rings. The lowest BCUT2D eigenvalue weighted by Gasteiger charge is -2.32. The van der Waals surface area contributed by atoms with Crippen LogP contribution in [0.2, 0.25) is 0 Å². The summed E-state index contributed by atoms with van der Waals surface area (Å²) in [5.74, 6) is -1.37. The number of carbonyl (C=O) groups is 4. The van der Waals surface area contributed by atoms with Crippen molar-refractivity contribution in [3.63, 3.8) is 0 Å². The first kappa shape index (κ1) is 36.4. The minimum Gasteiger partial charge on any atom is -0.354 e. The lowest BCUT2D eigenvalue weighted by atomic mass is 9.81. The van der Waals surface area contributed by atoms with Gasteiger partial charge >= 0.3 is 5.69 Å². The number of carbonyl (C=O) groups excluding carboxylic acids is 4. The third kappa shape index (κ3) is 7.96. The van der Waals surface area contributed by atoms with E-state index in [1.165, 1.54) is 4.90 Å². The summed E-state index contributed by atoms with van der Waals surface area (Å²) in [5, 5.41) is 5.53. The van der Waals surface area contributed by atoms with E-state index in [9.17, 15) is 24.0 Å². The van der Waals surface area contributed by atoms with Crippen molar-refractivity contribution in [2.75, 3.05) is 18.0 Å². The molecule has 4 aromatic rings. The Morgan fingerprint density at radius 1 is 0.980 bits per heavy atom. The highest BCUT2D eigenvalue weighted by molar-refractivity contribution is 6.17. The van der Waals surface area contributed by atoms with E-state index in [1.807, 2.05) is 31.2 Å². The Balaban J connectivity index is 0.00000486. The average molecular weight is 703 g/mol. The molecule has 2 aromatic carbocycles. The topological polar surface area (TPSA) is 209 Å². The van der Waals surface area contributed by atoms with Gasteiger partial charge in [0.1, 0.15) is 11.7 Å². The van der Waals surface area contributed by atoms with Crippen LogP contribution in [0.25, 0.3) is 22.2 Å². The maximum absolute atomic E-state index is 14.0. The van der Waals surface area contributed by atoms with Gasteiger partial charge in [-0.15, -0.1) is 12.4 Å². The summed E-state index contributed by atoms with van der Waals surface area (Å²) in [4.78, 5) is 75.6. The summed E-state index contributed by atoms with van der Waals surface area (Å²) in [7, 11) is 0. The van der Waals surface area contributed by atoms with Crippen molar-refractivity contribution in [1.82, 2.24) is 25.6 Å². The van der Waals surface area contributed by atoms with Gasteiger partial charge in [-0.3, -0.25) is 24.2 Å². The lowest BCUT2D eigenvalue weighted by Crippen LogP contribution is -2.50. The molecule has 1 aliphatic carbocycles. The summed E-state index contributed by atoms with van der Waals surface area (Å²) in [6.07, 6.45) is 6.14. The number of fused-ring (bicyclic) bond motifs is 1. The predicted octanol–water partition coefficient (Wildman–Crippen LogP) is 2.85. The van der Waals surface area contributed by atoms with Crippen molar-refractivity contribution >= 4 is 52.8 Å². The maximum atomic E-state index is 14.0. The number of benzene rings is 2. The Hall–Kier alpha value is -4.85. The molecule has 4 amide bonds. The first-order valence-corrected chi connectivity index (χ1v) is 16.8. The van der Waals surface area contributed by atoms with Gasteiger partial charge in [-0.2, -0.15) is 0 Å². The van der Waals surface area contributed by atoms with Gasteiger partial charge in [-0.05, 0) is 105 Å².